The number of benzene rings is 2. The molecule has 0 aliphatic carbocycles. The molecule has 2 aromatic carbocycles. The molecule has 0 bridgehead atoms. The Morgan fingerprint density at radius 1 is 0.667 bits per heavy atom. The summed E-state index contributed by atoms with van der Waals surface area (Å²) < 4.78 is 3.71. The van der Waals surface area contributed by atoms with Crippen LogP contribution in [0.2, 0.25) is 0 Å². The molecule has 2 rings (SSSR count). The molecule has 0 saturated carbocycles. The molecule has 2 aromatic rings. The molecule has 0 aromatic heterocycles. The van der Waals surface area contributed by atoms with E-state index in [1.807, 2.05) is 48.9 Å². The van der Waals surface area contributed by atoms with Gasteiger partial charge in [0.25, 0.3) is 0 Å². The fourth-order valence-corrected chi connectivity index (χ4v) is 1.44. The molecule has 0 aliphatic heterocycles. The maximum absolute atomic E-state index is 11.8. The van der Waals surface area contributed by atoms with Crippen LogP contribution in [0.15, 0.2) is 60.7 Å². The molecule has 0 N–H and O–H groups in total. The fraction of sp³-hybridized carbons (Fsp3) is 0.222. The summed E-state index contributed by atoms with van der Waals surface area (Å²) in [6.45, 7) is 0. The Hall–Kier alpha value is -0.406. The van der Waals surface area contributed by atoms with Crippen molar-refractivity contribution in [2.24, 2.45) is 0 Å². The van der Waals surface area contributed by atoms with Gasteiger partial charge in [0.1, 0.15) is 0 Å². The number of nitrogens with zero attached hydrogens (tertiary/aromatic N) is 2. The van der Waals surface area contributed by atoms with E-state index in [9.17, 15) is 9.59 Å². The minimum Gasteiger partial charge on any atom is -0.702 e. The Balaban J connectivity index is 0. The van der Waals surface area contributed by atoms with E-state index in [0.717, 1.165) is 0 Å². The molecule has 0 amide bonds. The van der Waals surface area contributed by atoms with Crippen LogP contribution in [0.5, 0.6) is 0 Å². The molecule has 0 saturated heterocycles. The van der Waals surface area contributed by atoms with Gasteiger partial charge in [-0.2, -0.15) is 0 Å². The van der Waals surface area contributed by atoms with Crippen LogP contribution in [-0.4, -0.2) is 48.4 Å². The van der Waals surface area contributed by atoms with E-state index in [0.29, 0.717) is 11.1 Å². The topological polar surface area (TPSA) is 40.6 Å². The second-order valence-electron chi connectivity index (χ2n) is 5.16. The van der Waals surface area contributed by atoms with Crippen LogP contribution >= 0.6 is 22.0 Å². The number of rotatable bonds is 5. The van der Waals surface area contributed by atoms with Gasteiger partial charge in [-0.05, 0) is 28.2 Å². The maximum atomic E-state index is 11.8. The van der Waals surface area contributed by atoms with Crippen molar-refractivity contribution >= 4 is 56.8 Å². The average molecular weight is 485 g/mol. The zero-order chi connectivity index (χ0) is 19.9. The average Bonchev–Trinajstić information content (AvgIpc) is 2.69. The quantitative estimate of drug-likeness (QED) is 0.157. The van der Waals surface area contributed by atoms with Crippen molar-refractivity contribution in [1.82, 2.24) is 8.61 Å². The summed E-state index contributed by atoms with van der Waals surface area (Å²) in [7, 11) is 10.2. The fourth-order valence-electron chi connectivity index (χ4n) is 1.44. The molecule has 27 heavy (non-hydrogen) atoms. The molecule has 150 valence electrons. The monoisotopic (exact) mass is 484 g/mol. The summed E-state index contributed by atoms with van der Waals surface area (Å²) in [4.78, 5) is 23.6. The summed E-state index contributed by atoms with van der Waals surface area (Å²) in [5.74, 6) is -0.932. The van der Waals surface area contributed by atoms with Gasteiger partial charge in [-0.25, -0.2) is 0 Å². The standard InChI is InChI=1S/C14H10O2.2C2H7NS2.Ni/c15-13(11-7-3-1-4-8-11)14(16)12-9-5-2-6-10-12;2*1-3(2)5-4;/h1-10H;2*4H,1-2H3;/q;;;+2/p-2. The van der Waals surface area contributed by atoms with Crippen molar-refractivity contribution in [2.45, 2.75) is 0 Å². The molecule has 9 heteroatoms. The minimum absolute atomic E-state index is 0. The van der Waals surface area contributed by atoms with Crippen LogP contribution in [-0.2, 0) is 39.8 Å². The zero-order valence-corrected chi connectivity index (χ0v) is 19.7. The minimum atomic E-state index is -0.466. The Morgan fingerprint density at radius 3 is 1.07 bits per heavy atom. The van der Waals surface area contributed by atoms with Gasteiger partial charge in [-0.1, -0.05) is 60.7 Å². The van der Waals surface area contributed by atoms with Gasteiger partial charge < -0.3 is 23.3 Å². The Bertz CT molecular complexity index is 587. The summed E-state index contributed by atoms with van der Waals surface area (Å²) >= 11 is 9.04. The van der Waals surface area contributed by atoms with Gasteiger partial charge in [0, 0.05) is 11.1 Å². The predicted octanol–water partition coefficient (Wildman–Crippen LogP) is 4.07. The van der Waals surface area contributed by atoms with Gasteiger partial charge >= 0.3 is 16.5 Å². The first kappa shape index (κ1) is 28.8. The summed E-state index contributed by atoms with van der Waals surface area (Å²) in [5.41, 5.74) is 0.854. The predicted molar refractivity (Wildman–Crippen MR) is 119 cm³/mol. The van der Waals surface area contributed by atoms with Crippen LogP contribution in [0.1, 0.15) is 20.7 Å². The molecule has 4 nitrogen and oxygen atoms in total. The second kappa shape index (κ2) is 17.7. The molecule has 0 spiro atoms. The normalized spacial score (nSPS) is 9.33. The molecule has 0 fully saturated rings. The number of carbonyl (C=O) groups is 2. The molecule has 0 aliphatic rings. The van der Waals surface area contributed by atoms with E-state index < -0.39 is 11.6 Å². The molecule has 0 heterocycles. The van der Waals surface area contributed by atoms with E-state index in [2.05, 4.69) is 23.3 Å². The van der Waals surface area contributed by atoms with Crippen molar-refractivity contribution in [3.05, 3.63) is 71.8 Å². The Morgan fingerprint density at radius 2 is 0.889 bits per heavy atom. The number of hydrogen-bond acceptors (Lipinski definition) is 8. The van der Waals surface area contributed by atoms with Crippen molar-refractivity contribution in [3.63, 3.8) is 0 Å². The van der Waals surface area contributed by atoms with Crippen molar-refractivity contribution in [1.29, 1.82) is 0 Å². The van der Waals surface area contributed by atoms with Gasteiger partial charge in [0.05, 0.1) is 0 Å². The zero-order valence-electron chi connectivity index (χ0n) is 15.4. The van der Waals surface area contributed by atoms with Gasteiger partial charge in [0.2, 0.25) is 11.6 Å². The van der Waals surface area contributed by atoms with E-state index >= 15 is 0 Å². The van der Waals surface area contributed by atoms with Gasteiger partial charge in [-0.15, -0.1) is 0 Å². The van der Waals surface area contributed by atoms with Crippen molar-refractivity contribution in [2.75, 3.05) is 28.2 Å². The van der Waals surface area contributed by atoms with E-state index in [-0.39, 0.29) is 16.5 Å². The number of hydrogen-bond donors (Lipinski definition) is 0. The van der Waals surface area contributed by atoms with E-state index in [1.54, 1.807) is 48.5 Å². The first-order valence-electron chi connectivity index (χ1n) is 7.47. The second-order valence-corrected chi connectivity index (χ2v) is 7.82. The Kier molecular flexibility index (Phi) is 18.9. The maximum Gasteiger partial charge on any atom is 2.00 e. The summed E-state index contributed by atoms with van der Waals surface area (Å²) in [5, 5.41) is 0. The SMILES string of the molecule is CN(C)S[S-].CN(C)S[S-].O=C(C(=O)c1ccccc1)c1ccccc1.[Ni+2]. The van der Waals surface area contributed by atoms with E-state index in [1.165, 1.54) is 22.0 Å². The van der Waals surface area contributed by atoms with Gasteiger partial charge in [0.15, 0.2) is 0 Å². The molecule has 0 radical (unpaired) electrons. The van der Waals surface area contributed by atoms with Crippen molar-refractivity contribution < 1.29 is 26.1 Å². The third-order valence-electron chi connectivity index (χ3n) is 2.58. The number of Topliss-reactive ketones (excluding diaryl/α,β-unsaturated/α-hetero) is 2. The molecule has 0 unspecified atom stereocenters. The largest absolute Gasteiger partial charge is 2.00 e. The van der Waals surface area contributed by atoms with Crippen LogP contribution in [0.4, 0.5) is 0 Å². The molecular formula is C18H22N2NiO2S4. The van der Waals surface area contributed by atoms with E-state index in [4.69, 9.17) is 0 Å². The Labute approximate surface area is 190 Å². The first-order valence-corrected chi connectivity index (χ1v) is 10.9. The van der Waals surface area contributed by atoms with Crippen LogP contribution in [0.3, 0.4) is 0 Å². The number of carbonyl (C=O) groups excluding carboxylic acids is 2. The number of ketones is 2. The first-order chi connectivity index (χ1) is 12.3. The summed E-state index contributed by atoms with van der Waals surface area (Å²) in [6.07, 6.45) is 0. The third kappa shape index (κ3) is 14.3. The third-order valence-corrected chi connectivity index (χ3v) is 4.96. The van der Waals surface area contributed by atoms with Crippen LogP contribution < -0.4 is 0 Å². The van der Waals surface area contributed by atoms with Crippen molar-refractivity contribution in [3.8, 4) is 0 Å². The van der Waals surface area contributed by atoms with Crippen LogP contribution in [0.25, 0.3) is 0 Å². The van der Waals surface area contributed by atoms with Crippen LogP contribution in [0, 0.1) is 0 Å². The molecule has 0 atom stereocenters. The molecular weight excluding hydrogens is 463 g/mol. The summed E-state index contributed by atoms with van der Waals surface area (Å²) in [6, 6.07) is 17.2. The van der Waals surface area contributed by atoms with Gasteiger partial charge in [-0.3, -0.25) is 40.2 Å². The smallest absolute Gasteiger partial charge is 0.702 e.